The summed E-state index contributed by atoms with van der Waals surface area (Å²) in [5.74, 6) is 0.171. The second kappa shape index (κ2) is 5.43. The van der Waals surface area contributed by atoms with Crippen LogP contribution < -0.4 is 5.73 Å². The van der Waals surface area contributed by atoms with Gasteiger partial charge in [-0.15, -0.1) is 0 Å². The van der Waals surface area contributed by atoms with E-state index in [9.17, 15) is 4.79 Å². The number of benzene rings is 1. The molecule has 0 saturated carbocycles. The SMILES string of the molecule is Cc1ccc(CC(=O)C2CCC(CN)O2)cc1. The molecule has 2 rings (SSSR count). The van der Waals surface area contributed by atoms with Crippen LogP contribution in [0.5, 0.6) is 0 Å². The van der Waals surface area contributed by atoms with Gasteiger partial charge >= 0.3 is 0 Å². The molecule has 1 saturated heterocycles. The molecule has 1 fully saturated rings. The van der Waals surface area contributed by atoms with E-state index >= 15 is 0 Å². The minimum atomic E-state index is -0.246. The minimum Gasteiger partial charge on any atom is -0.366 e. The van der Waals surface area contributed by atoms with Crippen LogP contribution in [0.25, 0.3) is 0 Å². The van der Waals surface area contributed by atoms with Gasteiger partial charge in [0.05, 0.1) is 6.10 Å². The Bertz CT molecular complexity index is 386. The van der Waals surface area contributed by atoms with E-state index in [4.69, 9.17) is 10.5 Å². The van der Waals surface area contributed by atoms with Crippen molar-refractivity contribution in [2.24, 2.45) is 5.73 Å². The van der Waals surface area contributed by atoms with Crippen LogP contribution in [0.15, 0.2) is 24.3 Å². The van der Waals surface area contributed by atoms with Crippen LogP contribution in [-0.4, -0.2) is 24.5 Å². The molecule has 1 heterocycles. The van der Waals surface area contributed by atoms with Gasteiger partial charge in [-0.2, -0.15) is 0 Å². The molecule has 1 aromatic rings. The molecule has 2 unspecified atom stereocenters. The van der Waals surface area contributed by atoms with Crippen LogP contribution in [-0.2, 0) is 16.0 Å². The number of nitrogens with two attached hydrogens (primary N) is 1. The Balaban J connectivity index is 1.91. The molecule has 1 aromatic carbocycles. The Hall–Kier alpha value is -1.19. The van der Waals surface area contributed by atoms with Gasteiger partial charge in [0.2, 0.25) is 0 Å². The van der Waals surface area contributed by atoms with E-state index in [1.807, 2.05) is 31.2 Å². The highest BCUT2D eigenvalue weighted by Gasteiger charge is 2.29. The van der Waals surface area contributed by atoms with Crippen LogP contribution in [0.3, 0.4) is 0 Å². The molecular weight excluding hydrogens is 214 g/mol. The van der Waals surface area contributed by atoms with E-state index in [1.165, 1.54) is 5.56 Å². The van der Waals surface area contributed by atoms with Crippen molar-refractivity contribution in [3.8, 4) is 0 Å². The van der Waals surface area contributed by atoms with Gasteiger partial charge in [-0.25, -0.2) is 0 Å². The van der Waals surface area contributed by atoms with Crippen molar-refractivity contribution in [2.75, 3.05) is 6.54 Å². The van der Waals surface area contributed by atoms with Gasteiger partial charge in [-0.3, -0.25) is 4.79 Å². The fraction of sp³-hybridized carbons (Fsp3) is 0.500. The third-order valence-corrected chi connectivity index (χ3v) is 3.23. The number of aryl methyl sites for hydroxylation is 1. The lowest BCUT2D eigenvalue weighted by Gasteiger charge is -2.11. The molecule has 0 spiro atoms. The zero-order valence-electron chi connectivity index (χ0n) is 10.2. The highest BCUT2D eigenvalue weighted by molar-refractivity contribution is 5.85. The quantitative estimate of drug-likeness (QED) is 0.859. The van der Waals surface area contributed by atoms with Crippen LogP contribution in [0.4, 0.5) is 0 Å². The number of Topliss-reactive ketones (excluding diaryl/α,β-unsaturated/α-hetero) is 1. The van der Waals surface area contributed by atoms with E-state index < -0.39 is 0 Å². The number of rotatable bonds is 4. The fourth-order valence-electron chi connectivity index (χ4n) is 2.14. The van der Waals surface area contributed by atoms with E-state index in [0.717, 1.165) is 18.4 Å². The first kappa shape index (κ1) is 12.3. The number of hydrogen-bond donors (Lipinski definition) is 1. The Morgan fingerprint density at radius 1 is 1.35 bits per heavy atom. The summed E-state index contributed by atoms with van der Waals surface area (Å²) < 4.78 is 5.59. The minimum absolute atomic E-state index is 0.0713. The lowest BCUT2D eigenvalue weighted by atomic mass is 10.0. The average molecular weight is 233 g/mol. The molecule has 0 bridgehead atoms. The summed E-state index contributed by atoms with van der Waals surface area (Å²) in [4.78, 5) is 12.0. The molecule has 3 heteroatoms. The molecule has 3 nitrogen and oxygen atoms in total. The van der Waals surface area contributed by atoms with Crippen molar-refractivity contribution in [1.82, 2.24) is 0 Å². The van der Waals surface area contributed by atoms with Crippen LogP contribution in [0.1, 0.15) is 24.0 Å². The topological polar surface area (TPSA) is 52.3 Å². The summed E-state index contributed by atoms with van der Waals surface area (Å²) in [6.07, 6.45) is 2.00. The van der Waals surface area contributed by atoms with E-state index in [-0.39, 0.29) is 18.0 Å². The summed E-state index contributed by atoms with van der Waals surface area (Å²) in [5.41, 5.74) is 7.79. The maximum Gasteiger partial charge on any atom is 0.165 e. The van der Waals surface area contributed by atoms with Gasteiger partial charge in [0.15, 0.2) is 5.78 Å². The van der Waals surface area contributed by atoms with Crippen LogP contribution in [0.2, 0.25) is 0 Å². The summed E-state index contributed by atoms with van der Waals surface area (Å²) >= 11 is 0. The summed E-state index contributed by atoms with van der Waals surface area (Å²) in [6, 6.07) is 8.06. The maximum atomic E-state index is 12.0. The van der Waals surface area contributed by atoms with Crippen molar-refractivity contribution in [3.05, 3.63) is 35.4 Å². The van der Waals surface area contributed by atoms with Crippen LogP contribution in [0, 0.1) is 6.92 Å². The number of ether oxygens (including phenoxy) is 1. The first-order valence-electron chi connectivity index (χ1n) is 6.13. The number of carbonyl (C=O) groups excluding carboxylic acids is 1. The third-order valence-electron chi connectivity index (χ3n) is 3.23. The van der Waals surface area contributed by atoms with Crippen molar-refractivity contribution < 1.29 is 9.53 Å². The lowest BCUT2D eigenvalue weighted by Crippen LogP contribution is -2.26. The molecular formula is C14H19NO2. The number of hydrogen-bond acceptors (Lipinski definition) is 3. The number of carbonyl (C=O) groups is 1. The first-order valence-corrected chi connectivity index (χ1v) is 6.13. The molecule has 0 radical (unpaired) electrons. The Morgan fingerprint density at radius 2 is 2.06 bits per heavy atom. The summed E-state index contributed by atoms with van der Waals surface area (Å²) in [7, 11) is 0. The highest BCUT2D eigenvalue weighted by atomic mass is 16.5. The second-order valence-corrected chi connectivity index (χ2v) is 4.69. The van der Waals surface area contributed by atoms with Crippen molar-refractivity contribution in [1.29, 1.82) is 0 Å². The van der Waals surface area contributed by atoms with E-state index in [1.54, 1.807) is 0 Å². The fourth-order valence-corrected chi connectivity index (χ4v) is 2.14. The monoisotopic (exact) mass is 233 g/mol. The maximum absolute atomic E-state index is 12.0. The van der Waals surface area contributed by atoms with E-state index in [0.29, 0.717) is 13.0 Å². The van der Waals surface area contributed by atoms with Gasteiger partial charge in [0.1, 0.15) is 6.10 Å². The van der Waals surface area contributed by atoms with E-state index in [2.05, 4.69) is 0 Å². The first-order chi connectivity index (χ1) is 8.19. The molecule has 1 aliphatic heterocycles. The van der Waals surface area contributed by atoms with Gasteiger partial charge < -0.3 is 10.5 Å². The van der Waals surface area contributed by atoms with Crippen molar-refractivity contribution in [2.45, 2.75) is 38.4 Å². The summed E-state index contributed by atoms with van der Waals surface area (Å²) in [6.45, 7) is 2.55. The smallest absolute Gasteiger partial charge is 0.165 e. The van der Waals surface area contributed by atoms with Gasteiger partial charge in [0.25, 0.3) is 0 Å². The predicted octanol–water partition coefficient (Wildman–Crippen LogP) is 1.61. The average Bonchev–Trinajstić information content (AvgIpc) is 2.81. The largest absolute Gasteiger partial charge is 0.366 e. The van der Waals surface area contributed by atoms with Crippen LogP contribution >= 0.6 is 0 Å². The Morgan fingerprint density at radius 3 is 2.65 bits per heavy atom. The van der Waals surface area contributed by atoms with Gasteiger partial charge in [0, 0.05) is 13.0 Å². The predicted molar refractivity (Wildman–Crippen MR) is 66.8 cm³/mol. The molecule has 2 atom stereocenters. The number of ketones is 1. The zero-order valence-corrected chi connectivity index (χ0v) is 10.2. The molecule has 17 heavy (non-hydrogen) atoms. The molecule has 0 aromatic heterocycles. The molecule has 0 aliphatic carbocycles. The third kappa shape index (κ3) is 3.14. The summed E-state index contributed by atoms with van der Waals surface area (Å²) in [5, 5.41) is 0. The standard InChI is InChI=1S/C14H19NO2/c1-10-2-4-11(5-3-10)8-13(16)14-7-6-12(9-15)17-14/h2-5,12,14H,6-9,15H2,1H3. The Labute approximate surface area is 102 Å². The molecule has 1 aliphatic rings. The van der Waals surface area contributed by atoms with Gasteiger partial charge in [-0.1, -0.05) is 29.8 Å². The molecule has 92 valence electrons. The highest BCUT2D eigenvalue weighted by Crippen LogP contribution is 2.20. The lowest BCUT2D eigenvalue weighted by molar-refractivity contribution is -0.128. The van der Waals surface area contributed by atoms with Crippen molar-refractivity contribution in [3.63, 3.8) is 0 Å². The zero-order chi connectivity index (χ0) is 12.3. The normalized spacial score (nSPS) is 23.9. The van der Waals surface area contributed by atoms with Gasteiger partial charge in [-0.05, 0) is 25.3 Å². The molecule has 2 N–H and O–H groups in total. The molecule has 0 amide bonds. The van der Waals surface area contributed by atoms with Crippen molar-refractivity contribution >= 4 is 5.78 Å². The Kier molecular flexibility index (Phi) is 3.92. The second-order valence-electron chi connectivity index (χ2n) is 4.69.